The smallest absolute Gasteiger partial charge is 0.230 e. The molecule has 3 aromatic heterocycles. The van der Waals surface area contributed by atoms with Gasteiger partial charge >= 0.3 is 0 Å². The first-order valence-electron chi connectivity index (χ1n) is 7.86. The van der Waals surface area contributed by atoms with E-state index in [1.165, 1.54) is 0 Å². The molecule has 0 saturated heterocycles. The van der Waals surface area contributed by atoms with Crippen LogP contribution in [0, 0.1) is 0 Å². The van der Waals surface area contributed by atoms with Gasteiger partial charge in [0.05, 0.1) is 22.6 Å². The van der Waals surface area contributed by atoms with E-state index in [2.05, 4.69) is 51.8 Å². The molecule has 0 fully saturated rings. The largest absolute Gasteiger partial charge is 0.369 e. The predicted octanol–water partition coefficient (Wildman–Crippen LogP) is 2.52. The normalized spacial score (nSPS) is 11.6. The maximum absolute atomic E-state index is 4.58. The van der Waals surface area contributed by atoms with E-state index in [0.29, 0.717) is 5.95 Å². The van der Waals surface area contributed by atoms with Crippen LogP contribution < -0.4 is 10.6 Å². The molecule has 0 bridgehead atoms. The van der Waals surface area contributed by atoms with Gasteiger partial charge < -0.3 is 10.6 Å². The van der Waals surface area contributed by atoms with Crippen molar-refractivity contribution in [3.8, 4) is 0 Å². The van der Waals surface area contributed by atoms with Crippen molar-refractivity contribution in [1.29, 1.82) is 0 Å². The molecule has 3 aromatic rings. The zero-order valence-electron chi connectivity index (χ0n) is 14.5. The fraction of sp³-hybridized carbons (Fsp3) is 0.400. The Morgan fingerprint density at radius 2 is 1.96 bits per heavy atom. The van der Waals surface area contributed by atoms with E-state index in [0.717, 1.165) is 28.3 Å². The van der Waals surface area contributed by atoms with Gasteiger partial charge in [-0.25, -0.2) is 4.98 Å². The van der Waals surface area contributed by atoms with Crippen molar-refractivity contribution in [2.45, 2.75) is 26.3 Å². The molecule has 3 rings (SSSR count). The van der Waals surface area contributed by atoms with Crippen LogP contribution >= 0.6 is 15.9 Å². The molecule has 0 amide bonds. The molecular weight excluding hydrogens is 386 g/mol. The first kappa shape index (κ1) is 17.3. The van der Waals surface area contributed by atoms with E-state index >= 15 is 0 Å². The summed E-state index contributed by atoms with van der Waals surface area (Å²) in [6.45, 7) is 6.81. The van der Waals surface area contributed by atoms with Crippen molar-refractivity contribution < 1.29 is 0 Å². The third-order valence-corrected chi connectivity index (χ3v) is 4.33. The second-order valence-corrected chi connectivity index (χ2v) is 6.82. The molecule has 0 saturated carbocycles. The Balaban J connectivity index is 1.88. The summed E-state index contributed by atoms with van der Waals surface area (Å²) in [5.74, 6) is 2.01. The van der Waals surface area contributed by atoms with Crippen molar-refractivity contribution in [1.82, 2.24) is 34.7 Å². The van der Waals surface area contributed by atoms with Crippen molar-refractivity contribution in [2.75, 3.05) is 17.2 Å². The van der Waals surface area contributed by atoms with E-state index in [4.69, 9.17) is 0 Å². The summed E-state index contributed by atoms with van der Waals surface area (Å²) in [5, 5.41) is 19.4. The average Bonchev–Trinajstić information content (AvgIpc) is 3.22. The minimum atomic E-state index is -0.476. The lowest BCUT2D eigenvalue weighted by Gasteiger charge is -2.20. The van der Waals surface area contributed by atoms with Crippen LogP contribution in [0.15, 0.2) is 29.1 Å². The maximum Gasteiger partial charge on any atom is 0.230 e. The summed E-state index contributed by atoms with van der Waals surface area (Å²) >= 11 is 3.43. The summed E-state index contributed by atoms with van der Waals surface area (Å²) in [5.41, 5.74) is 0.356. The summed E-state index contributed by atoms with van der Waals surface area (Å²) in [4.78, 5) is 10.4. The van der Waals surface area contributed by atoms with Crippen LogP contribution in [-0.2, 0) is 12.6 Å². The number of rotatable bonds is 6. The number of nitrogens with one attached hydrogen (secondary N) is 2. The Labute approximate surface area is 154 Å². The molecule has 132 valence electrons. The third kappa shape index (κ3) is 3.48. The Bertz CT molecular complexity index is 854. The zero-order valence-corrected chi connectivity index (χ0v) is 16.1. The first-order chi connectivity index (χ1) is 11.9. The first-order valence-corrected chi connectivity index (χ1v) is 8.66. The van der Waals surface area contributed by atoms with Crippen LogP contribution in [0.1, 0.15) is 26.5 Å². The molecule has 0 aliphatic carbocycles. The molecule has 25 heavy (non-hydrogen) atoms. The molecule has 2 N–H and O–H groups in total. The van der Waals surface area contributed by atoms with E-state index < -0.39 is 5.54 Å². The summed E-state index contributed by atoms with van der Waals surface area (Å²) in [7, 11) is 1.86. The lowest BCUT2D eigenvalue weighted by atomic mass is 10.0. The average molecular weight is 406 g/mol. The van der Waals surface area contributed by atoms with Crippen molar-refractivity contribution in [2.24, 2.45) is 7.05 Å². The van der Waals surface area contributed by atoms with Gasteiger partial charge in [-0.15, -0.1) is 0 Å². The Hall–Kier alpha value is -2.49. The number of hydrogen-bond donors (Lipinski definition) is 2. The Kier molecular flexibility index (Phi) is 4.71. The number of aromatic nitrogens is 7. The number of halogens is 1. The molecular formula is C15H20BrN9. The standard InChI is InChI=1S/C15H20BrN9/c1-5-17-13-10(16)9-18-14(22-13)21-12-8-11(23-24(12)4)15(2,3)25-19-6-7-20-25/h6-9H,5H2,1-4H3,(H2,17,18,21,22). The Morgan fingerprint density at radius 1 is 1.24 bits per heavy atom. The number of hydrogen-bond acceptors (Lipinski definition) is 7. The third-order valence-electron chi connectivity index (χ3n) is 3.75. The highest BCUT2D eigenvalue weighted by Crippen LogP contribution is 2.26. The van der Waals surface area contributed by atoms with Crippen LogP contribution in [0.5, 0.6) is 0 Å². The molecule has 3 heterocycles. The van der Waals surface area contributed by atoms with Gasteiger partial charge in [-0.05, 0) is 36.7 Å². The molecule has 0 unspecified atom stereocenters. The molecule has 0 aromatic carbocycles. The van der Waals surface area contributed by atoms with Crippen LogP contribution in [-0.4, -0.2) is 41.3 Å². The minimum absolute atomic E-state index is 0.476. The number of nitrogens with zero attached hydrogens (tertiary/aromatic N) is 7. The van der Waals surface area contributed by atoms with Gasteiger partial charge in [0.15, 0.2) is 0 Å². The molecule has 0 spiro atoms. The van der Waals surface area contributed by atoms with Gasteiger partial charge in [-0.2, -0.15) is 25.1 Å². The van der Waals surface area contributed by atoms with E-state index in [9.17, 15) is 0 Å². The second-order valence-electron chi connectivity index (χ2n) is 5.96. The van der Waals surface area contributed by atoms with Crippen molar-refractivity contribution in [3.63, 3.8) is 0 Å². The number of anilines is 3. The summed E-state index contributed by atoms with van der Waals surface area (Å²) < 4.78 is 2.57. The van der Waals surface area contributed by atoms with Crippen LogP contribution in [0.3, 0.4) is 0 Å². The lowest BCUT2D eigenvalue weighted by molar-refractivity contribution is 0.332. The highest BCUT2D eigenvalue weighted by molar-refractivity contribution is 9.10. The maximum atomic E-state index is 4.58. The van der Waals surface area contributed by atoms with E-state index in [-0.39, 0.29) is 0 Å². The quantitative estimate of drug-likeness (QED) is 0.649. The SMILES string of the molecule is CCNc1nc(Nc2cc(C(C)(C)n3nccn3)nn2C)ncc1Br. The van der Waals surface area contributed by atoms with Gasteiger partial charge in [0, 0.05) is 25.9 Å². The molecule has 9 nitrogen and oxygen atoms in total. The monoisotopic (exact) mass is 405 g/mol. The summed E-state index contributed by atoms with van der Waals surface area (Å²) in [6, 6.07) is 1.95. The second kappa shape index (κ2) is 6.79. The van der Waals surface area contributed by atoms with Crippen molar-refractivity contribution in [3.05, 3.63) is 34.8 Å². The molecule has 0 aliphatic heterocycles. The highest BCUT2D eigenvalue weighted by Gasteiger charge is 2.28. The lowest BCUT2D eigenvalue weighted by Crippen LogP contribution is -2.30. The van der Waals surface area contributed by atoms with Crippen LogP contribution in [0.2, 0.25) is 0 Å². The van der Waals surface area contributed by atoms with Crippen molar-refractivity contribution >= 4 is 33.5 Å². The molecule has 10 heteroatoms. The van der Waals surface area contributed by atoms with Gasteiger partial charge in [0.2, 0.25) is 5.95 Å². The Morgan fingerprint density at radius 3 is 2.64 bits per heavy atom. The predicted molar refractivity (Wildman–Crippen MR) is 98.8 cm³/mol. The fourth-order valence-corrected chi connectivity index (χ4v) is 2.65. The topological polar surface area (TPSA) is 98.4 Å². The van der Waals surface area contributed by atoms with E-state index in [1.54, 1.807) is 28.1 Å². The molecule has 0 radical (unpaired) electrons. The molecule has 0 atom stereocenters. The minimum Gasteiger partial charge on any atom is -0.369 e. The van der Waals surface area contributed by atoms with Gasteiger partial charge in [-0.3, -0.25) is 4.68 Å². The van der Waals surface area contributed by atoms with Crippen LogP contribution in [0.25, 0.3) is 0 Å². The summed E-state index contributed by atoms with van der Waals surface area (Å²) in [6.07, 6.45) is 5.02. The van der Waals surface area contributed by atoms with Crippen LogP contribution in [0.4, 0.5) is 17.6 Å². The number of aryl methyl sites for hydroxylation is 1. The van der Waals surface area contributed by atoms with E-state index in [1.807, 2.05) is 33.9 Å². The zero-order chi connectivity index (χ0) is 18.0. The highest BCUT2D eigenvalue weighted by atomic mass is 79.9. The molecule has 0 aliphatic rings. The van der Waals surface area contributed by atoms with Gasteiger partial charge in [-0.1, -0.05) is 0 Å². The fourth-order valence-electron chi connectivity index (χ4n) is 2.32. The van der Waals surface area contributed by atoms with Gasteiger partial charge in [0.25, 0.3) is 0 Å². The van der Waals surface area contributed by atoms with Gasteiger partial charge in [0.1, 0.15) is 17.2 Å².